The molecule has 0 radical (unpaired) electrons. The Labute approximate surface area is 173 Å². The van der Waals surface area contributed by atoms with Crippen molar-refractivity contribution in [1.82, 2.24) is 5.32 Å². The molecule has 2 aromatic carbocycles. The number of ether oxygens (including phenoxy) is 1. The van der Waals surface area contributed by atoms with Crippen molar-refractivity contribution in [3.63, 3.8) is 0 Å². The fraction of sp³-hybridized carbons (Fsp3) is 0.238. The molecule has 3 rings (SSSR count). The molecular formula is C21H22BFN2O5. The molecule has 0 aromatic heterocycles. The van der Waals surface area contributed by atoms with Crippen LogP contribution in [0.25, 0.3) is 0 Å². The normalized spacial score (nSPS) is 15.5. The smallest absolute Gasteiger partial charge is 0.475 e. The first-order valence-corrected chi connectivity index (χ1v) is 9.45. The minimum atomic E-state index is -1.82. The monoisotopic (exact) mass is 412 g/mol. The van der Waals surface area contributed by atoms with E-state index in [0.717, 1.165) is 16.2 Å². The van der Waals surface area contributed by atoms with Crippen molar-refractivity contribution >= 4 is 24.6 Å². The number of nitrogens with one attached hydrogen (secondary N) is 1. The fourth-order valence-electron chi connectivity index (χ4n) is 3.42. The molecule has 3 N–H and O–H groups in total. The van der Waals surface area contributed by atoms with Gasteiger partial charge in [-0.2, -0.15) is 0 Å². The highest BCUT2D eigenvalue weighted by Gasteiger charge is 2.33. The Hall–Kier alpha value is -3.17. The quantitative estimate of drug-likeness (QED) is 0.452. The zero-order valence-corrected chi connectivity index (χ0v) is 16.2. The van der Waals surface area contributed by atoms with Crippen molar-refractivity contribution in [1.29, 1.82) is 0 Å². The summed E-state index contributed by atoms with van der Waals surface area (Å²) in [7, 11) is -1.82. The number of nitrogens with zero attached hydrogens (tertiary/aromatic N) is 1. The molecule has 156 valence electrons. The molecule has 9 heteroatoms. The summed E-state index contributed by atoms with van der Waals surface area (Å²) in [4.78, 5) is 25.7. The number of carbonyl (C=O) groups excluding carboxylic acids is 2. The average Bonchev–Trinajstić information content (AvgIpc) is 3.14. The number of anilines is 1. The van der Waals surface area contributed by atoms with Gasteiger partial charge in [-0.25, -0.2) is 4.39 Å². The molecule has 1 aliphatic rings. The van der Waals surface area contributed by atoms with Crippen LogP contribution in [0.3, 0.4) is 0 Å². The van der Waals surface area contributed by atoms with Crippen LogP contribution in [0, 0.1) is 0 Å². The predicted octanol–water partition coefficient (Wildman–Crippen LogP) is 1.57. The molecule has 7 nitrogen and oxygen atoms in total. The van der Waals surface area contributed by atoms with Crippen LogP contribution in [0.5, 0.6) is 5.75 Å². The van der Waals surface area contributed by atoms with Crippen molar-refractivity contribution < 1.29 is 28.8 Å². The van der Waals surface area contributed by atoms with E-state index in [1.165, 1.54) is 0 Å². The molecule has 2 amide bonds. The molecule has 0 unspecified atom stereocenters. The molecule has 2 atom stereocenters. The first kappa shape index (κ1) is 21.5. The third kappa shape index (κ3) is 5.05. The summed E-state index contributed by atoms with van der Waals surface area (Å²) < 4.78 is 19.1. The van der Waals surface area contributed by atoms with Gasteiger partial charge in [-0.15, -0.1) is 0 Å². The van der Waals surface area contributed by atoms with E-state index in [-0.39, 0.29) is 12.3 Å². The minimum Gasteiger partial charge on any atom is -0.493 e. The number of hydrogen-bond donors (Lipinski definition) is 3. The molecule has 0 fully saturated rings. The Kier molecular flexibility index (Phi) is 6.86. The van der Waals surface area contributed by atoms with E-state index < -0.39 is 37.2 Å². The summed E-state index contributed by atoms with van der Waals surface area (Å²) in [5.41, 5.74) is 1.24. The summed E-state index contributed by atoms with van der Waals surface area (Å²) in [5, 5.41) is 22.1. The number of hydrogen-bond acceptors (Lipinski definition) is 5. The van der Waals surface area contributed by atoms with Crippen LogP contribution in [-0.4, -0.2) is 48.1 Å². The number of fused-ring (bicyclic) bond motifs is 1. The van der Waals surface area contributed by atoms with Gasteiger partial charge in [-0.1, -0.05) is 43.0 Å². The number of amides is 2. The highest BCUT2D eigenvalue weighted by Crippen LogP contribution is 2.36. The lowest BCUT2D eigenvalue weighted by atomic mass is 9.73. The maximum absolute atomic E-state index is 13.5. The van der Waals surface area contributed by atoms with Gasteiger partial charge in [-0.3, -0.25) is 14.5 Å². The van der Waals surface area contributed by atoms with E-state index in [1.54, 1.807) is 30.3 Å². The molecule has 0 bridgehead atoms. The van der Waals surface area contributed by atoms with Crippen LogP contribution >= 0.6 is 0 Å². The molecule has 0 aliphatic carbocycles. The Morgan fingerprint density at radius 2 is 1.87 bits per heavy atom. The van der Waals surface area contributed by atoms with E-state index in [9.17, 15) is 24.0 Å². The topological polar surface area (TPSA) is 99.1 Å². The molecule has 0 saturated carbocycles. The second kappa shape index (κ2) is 9.56. The lowest BCUT2D eigenvalue weighted by Crippen LogP contribution is -2.51. The average molecular weight is 412 g/mol. The van der Waals surface area contributed by atoms with Crippen molar-refractivity contribution in [2.45, 2.75) is 18.3 Å². The van der Waals surface area contributed by atoms with Crippen LogP contribution in [0.15, 0.2) is 67.0 Å². The minimum absolute atomic E-state index is 0.134. The first-order valence-electron chi connectivity index (χ1n) is 9.45. The third-order valence-corrected chi connectivity index (χ3v) is 4.89. The van der Waals surface area contributed by atoms with Crippen molar-refractivity contribution in [3.8, 4) is 5.75 Å². The van der Waals surface area contributed by atoms with Gasteiger partial charge in [-0.05, 0) is 24.6 Å². The zero-order chi connectivity index (χ0) is 21.7. The summed E-state index contributed by atoms with van der Waals surface area (Å²) in [6.45, 7) is 2.85. The van der Waals surface area contributed by atoms with E-state index in [2.05, 4.69) is 11.9 Å². The third-order valence-electron chi connectivity index (χ3n) is 4.89. The van der Waals surface area contributed by atoms with Gasteiger partial charge in [0.25, 0.3) is 5.91 Å². The lowest BCUT2D eigenvalue weighted by Gasteiger charge is -2.25. The number of rotatable bonds is 8. The van der Waals surface area contributed by atoms with Gasteiger partial charge in [0.2, 0.25) is 5.91 Å². The standard InChI is InChI=1S/C21H22BFN2O5/c1-14(23)21(27)25(16-7-3-2-4-8-16)12-20(26)24-19(22(28)29)11-15-13-30-18-10-6-5-9-17(15)18/h2-10,15,19,28-29H,1,11-13H2,(H,24,26)/t15-,19+/m1/s1. The second-order valence-electron chi connectivity index (χ2n) is 7.00. The van der Waals surface area contributed by atoms with Gasteiger partial charge >= 0.3 is 7.12 Å². The summed E-state index contributed by atoms with van der Waals surface area (Å²) in [6, 6.07) is 15.5. The molecule has 1 heterocycles. The van der Waals surface area contributed by atoms with Crippen LogP contribution in [0.2, 0.25) is 0 Å². The Balaban J connectivity index is 1.70. The zero-order valence-electron chi connectivity index (χ0n) is 16.2. The Bertz CT molecular complexity index is 925. The van der Waals surface area contributed by atoms with Crippen LogP contribution in [-0.2, 0) is 9.59 Å². The molecule has 0 saturated heterocycles. The van der Waals surface area contributed by atoms with Crippen molar-refractivity contribution in [2.75, 3.05) is 18.1 Å². The van der Waals surface area contributed by atoms with Gasteiger partial charge < -0.3 is 20.1 Å². The van der Waals surface area contributed by atoms with E-state index >= 15 is 0 Å². The predicted molar refractivity (Wildman–Crippen MR) is 110 cm³/mol. The van der Waals surface area contributed by atoms with Gasteiger partial charge in [0, 0.05) is 17.2 Å². The molecule has 30 heavy (non-hydrogen) atoms. The number of benzene rings is 2. The Morgan fingerprint density at radius 3 is 2.53 bits per heavy atom. The summed E-state index contributed by atoms with van der Waals surface area (Å²) in [5.74, 6) is -3.33. The number of para-hydroxylation sites is 2. The molecular weight excluding hydrogens is 390 g/mol. The van der Waals surface area contributed by atoms with Gasteiger partial charge in [0.1, 0.15) is 12.3 Å². The largest absolute Gasteiger partial charge is 0.493 e. The number of carbonyl (C=O) groups is 2. The van der Waals surface area contributed by atoms with Crippen molar-refractivity contribution in [3.05, 3.63) is 72.6 Å². The Morgan fingerprint density at radius 1 is 1.20 bits per heavy atom. The summed E-state index contributed by atoms with van der Waals surface area (Å²) >= 11 is 0. The van der Waals surface area contributed by atoms with Gasteiger partial charge in [0.15, 0.2) is 5.83 Å². The maximum atomic E-state index is 13.5. The van der Waals surface area contributed by atoms with Crippen LogP contribution < -0.4 is 15.0 Å². The molecule has 2 aromatic rings. The lowest BCUT2D eigenvalue weighted by molar-refractivity contribution is -0.123. The van der Waals surface area contributed by atoms with Gasteiger partial charge in [0.05, 0.1) is 12.5 Å². The van der Waals surface area contributed by atoms with E-state index in [1.807, 2.05) is 24.3 Å². The highest BCUT2D eigenvalue weighted by atomic mass is 19.1. The second-order valence-corrected chi connectivity index (χ2v) is 7.00. The number of halogens is 1. The van der Waals surface area contributed by atoms with Crippen LogP contribution in [0.1, 0.15) is 17.9 Å². The van der Waals surface area contributed by atoms with E-state index in [4.69, 9.17) is 4.74 Å². The molecule has 1 aliphatic heterocycles. The fourth-order valence-corrected chi connectivity index (χ4v) is 3.42. The molecule has 0 spiro atoms. The maximum Gasteiger partial charge on any atom is 0.475 e. The van der Waals surface area contributed by atoms with E-state index in [0.29, 0.717) is 12.3 Å². The van der Waals surface area contributed by atoms with Crippen molar-refractivity contribution in [2.24, 2.45) is 0 Å². The highest BCUT2D eigenvalue weighted by molar-refractivity contribution is 6.43. The first-order chi connectivity index (χ1) is 14.4. The van der Waals surface area contributed by atoms with Crippen LogP contribution in [0.4, 0.5) is 10.1 Å². The summed E-state index contributed by atoms with van der Waals surface area (Å²) in [6.07, 6.45) is 0.218. The SMILES string of the molecule is C=C(F)C(=O)N(CC(=O)N[C@@H](C[C@@H]1COc2ccccc21)B(O)O)c1ccccc1.